The van der Waals surface area contributed by atoms with Crippen molar-refractivity contribution < 1.29 is 14.0 Å². The Labute approximate surface area is 153 Å². The van der Waals surface area contributed by atoms with Gasteiger partial charge in [0, 0.05) is 31.7 Å². The van der Waals surface area contributed by atoms with E-state index in [1.165, 1.54) is 12.1 Å². The molecule has 3 rings (SSSR count). The summed E-state index contributed by atoms with van der Waals surface area (Å²) in [5.41, 5.74) is 3.63. The largest absolute Gasteiger partial charge is 0.339 e. The van der Waals surface area contributed by atoms with E-state index in [9.17, 15) is 14.0 Å². The predicted octanol–water partition coefficient (Wildman–Crippen LogP) is 2.97. The number of amides is 2. The van der Waals surface area contributed by atoms with Gasteiger partial charge in [0.1, 0.15) is 5.82 Å². The zero-order valence-electron chi connectivity index (χ0n) is 15.2. The molecule has 0 radical (unpaired) electrons. The molecule has 0 atom stereocenters. The first-order chi connectivity index (χ1) is 12.4. The second-order valence-electron chi connectivity index (χ2n) is 6.79. The zero-order chi connectivity index (χ0) is 18.7. The predicted molar refractivity (Wildman–Crippen MR) is 98.5 cm³/mol. The smallest absolute Gasteiger partial charge is 0.254 e. The van der Waals surface area contributed by atoms with E-state index in [0.717, 1.165) is 22.3 Å². The van der Waals surface area contributed by atoms with Crippen LogP contribution in [-0.4, -0.2) is 47.8 Å². The lowest BCUT2D eigenvalue weighted by Gasteiger charge is -2.35. The van der Waals surface area contributed by atoms with Crippen LogP contribution in [0.1, 0.15) is 27.0 Å². The lowest BCUT2D eigenvalue weighted by atomic mass is 10.0. The fourth-order valence-corrected chi connectivity index (χ4v) is 3.27. The fourth-order valence-electron chi connectivity index (χ4n) is 3.27. The minimum atomic E-state index is -0.306. The van der Waals surface area contributed by atoms with E-state index in [1.54, 1.807) is 21.9 Å². The summed E-state index contributed by atoms with van der Waals surface area (Å²) in [6, 6.07) is 11.8. The van der Waals surface area contributed by atoms with Gasteiger partial charge in [-0.1, -0.05) is 29.8 Å². The van der Waals surface area contributed by atoms with Crippen LogP contribution in [0.3, 0.4) is 0 Å². The second kappa shape index (κ2) is 7.68. The van der Waals surface area contributed by atoms with E-state index in [1.807, 2.05) is 32.0 Å². The fraction of sp³-hybridized carbons (Fsp3) is 0.333. The van der Waals surface area contributed by atoms with Gasteiger partial charge in [-0.2, -0.15) is 0 Å². The Morgan fingerprint density at radius 1 is 0.923 bits per heavy atom. The molecule has 0 spiro atoms. The molecule has 0 N–H and O–H groups in total. The molecule has 5 heteroatoms. The van der Waals surface area contributed by atoms with Gasteiger partial charge in [-0.15, -0.1) is 0 Å². The van der Waals surface area contributed by atoms with Gasteiger partial charge in [0.15, 0.2) is 0 Å². The Morgan fingerprint density at radius 2 is 1.54 bits per heavy atom. The molecule has 2 amide bonds. The number of halogens is 1. The molecule has 26 heavy (non-hydrogen) atoms. The Bertz CT molecular complexity index is 809. The Kier molecular flexibility index (Phi) is 5.35. The highest BCUT2D eigenvalue weighted by atomic mass is 19.1. The maximum atomic E-state index is 13.0. The Morgan fingerprint density at radius 3 is 2.15 bits per heavy atom. The highest BCUT2D eigenvalue weighted by Crippen LogP contribution is 2.15. The average molecular weight is 354 g/mol. The van der Waals surface area contributed by atoms with Gasteiger partial charge in [0.25, 0.3) is 5.91 Å². The van der Waals surface area contributed by atoms with Crippen molar-refractivity contribution in [3.63, 3.8) is 0 Å². The Balaban J connectivity index is 1.57. The molecule has 2 aromatic rings. The van der Waals surface area contributed by atoms with Crippen molar-refractivity contribution in [1.82, 2.24) is 9.80 Å². The number of nitrogens with zero attached hydrogens (tertiary/aromatic N) is 2. The number of carbonyl (C=O) groups is 2. The first-order valence-corrected chi connectivity index (χ1v) is 8.83. The van der Waals surface area contributed by atoms with Crippen LogP contribution in [0.15, 0.2) is 42.5 Å². The van der Waals surface area contributed by atoms with Gasteiger partial charge in [-0.05, 0) is 43.2 Å². The molecule has 1 saturated heterocycles. The molecule has 1 heterocycles. The van der Waals surface area contributed by atoms with Crippen molar-refractivity contribution in [3.05, 3.63) is 70.5 Å². The summed E-state index contributed by atoms with van der Waals surface area (Å²) in [6.45, 7) is 6.06. The summed E-state index contributed by atoms with van der Waals surface area (Å²) in [4.78, 5) is 28.7. The molecule has 2 aromatic carbocycles. The third-order valence-electron chi connectivity index (χ3n) is 4.80. The summed E-state index contributed by atoms with van der Waals surface area (Å²) in [5, 5.41) is 0. The summed E-state index contributed by atoms with van der Waals surface area (Å²) in [6.07, 6.45) is 0.255. The van der Waals surface area contributed by atoms with Gasteiger partial charge in [-0.3, -0.25) is 9.59 Å². The molecule has 0 unspecified atom stereocenters. The van der Waals surface area contributed by atoms with E-state index >= 15 is 0 Å². The van der Waals surface area contributed by atoms with E-state index < -0.39 is 0 Å². The first kappa shape index (κ1) is 18.1. The number of aryl methyl sites for hydroxylation is 2. The Hall–Kier alpha value is -2.69. The first-order valence-electron chi connectivity index (χ1n) is 8.83. The molecule has 1 aliphatic heterocycles. The third kappa shape index (κ3) is 4.10. The summed E-state index contributed by atoms with van der Waals surface area (Å²) >= 11 is 0. The molecule has 1 aliphatic rings. The van der Waals surface area contributed by atoms with Crippen LogP contribution in [0.2, 0.25) is 0 Å². The van der Waals surface area contributed by atoms with E-state index in [-0.39, 0.29) is 24.1 Å². The molecular formula is C21H23FN2O2. The maximum Gasteiger partial charge on any atom is 0.254 e. The van der Waals surface area contributed by atoms with Crippen molar-refractivity contribution in [2.75, 3.05) is 26.2 Å². The van der Waals surface area contributed by atoms with E-state index in [0.29, 0.717) is 26.2 Å². The molecule has 0 saturated carbocycles. The van der Waals surface area contributed by atoms with Crippen molar-refractivity contribution in [1.29, 1.82) is 0 Å². The lowest BCUT2D eigenvalue weighted by Crippen LogP contribution is -2.51. The summed E-state index contributed by atoms with van der Waals surface area (Å²) in [5.74, 6) is -0.275. The summed E-state index contributed by atoms with van der Waals surface area (Å²) < 4.78 is 13.0. The maximum absolute atomic E-state index is 13.0. The van der Waals surface area contributed by atoms with Crippen LogP contribution in [0.5, 0.6) is 0 Å². The summed E-state index contributed by atoms with van der Waals surface area (Å²) in [7, 11) is 0. The van der Waals surface area contributed by atoms with Crippen LogP contribution in [0.4, 0.5) is 4.39 Å². The quantitative estimate of drug-likeness (QED) is 0.850. The van der Waals surface area contributed by atoms with Crippen molar-refractivity contribution in [2.24, 2.45) is 0 Å². The van der Waals surface area contributed by atoms with Gasteiger partial charge in [0.05, 0.1) is 6.42 Å². The number of carbonyl (C=O) groups excluding carboxylic acids is 2. The van der Waals surface area contributed by atoms with Gasteiger partial charge in [-0.25, -0.2) is 4.39 Å². The standard InChI is InChI=1S/C21H23FN2O2/c1-15-3-8-19(16(2)13-15)21(26)24-11-9-23(10-12-24)20(25)14-17-4-6-18(22)7-5-17/h3-8,13H,9-12,14H2,1-2H3. The molecule has 0 bridgehead atoms. The second-order valence-corrected chi connectivity index (χ2v) is 6.79. The highest BCUT2D eigenvalue weighted by Gasteiger charge is 2.25. The van der Waals surface area contributed by atoms with Crippen LogP contribution in [0.25, 0.3) is 0 Å². The number of hydrogen-bond donors (Lipinski definition) is 0. The average Bonchev–Trinajstić information content (AvgIpc) is 2.63. The lowest BCUT2D eigenvalue weighted by molar-refractivity contribution is -0.131. The topological polar surface area (TPSA) is 40.6 Å². The monoisotopic (exact) mass is 354 g/mol. The number of benzene rings is 2. The number of hydrogen-bond acceptors (Lipinski definition) is 2. The molecule has 1 fully saturated rings. The van der Waals surface area contributed by atoms with Gasteiger partial charge in [0.2, 0.25) is 5.91 Å². The number of piperazine rings is 1. The van der Waals surface area contributed by atoms with Crippen LogP contribution >= 0.6 is 0 Å². The van der Waals surface area contributed by atoms with Crippen LogP contribution in [0, 0.1) is 19.7 Å². The zero-order valence-corrected chi connectivity index (χ0v) is 15.2. The van der Waals surface area contributed by atoms with E-state index in [2.05, 4.69) is 0 Å². The van der Waals surface area contributed by atoms with Crippen LogP contribution < -0.4 is 0 Å². The number of rotatable bonds is 3. The molecule has 0 aromatic heterocycles. The molecule has 0 aliphatic carbocycles. The van der Waals surface area contributed by atoms with Crippen molar-refractivity contribution in [3.8, 4) is 0 Å². The van der Waals surface area contributed by atoms with Gasteiger partial charge < -0.3 is 9.80 Å². The molecular weight excluding hydrogens is 331 g/mol. The van der Waals surface area contributed by atoms with Gasteiger partial charge >= 0.3 is 0 Å². The van der Waals surface area contributed by atoms with Crippen molar-refractivity contribution >= 4 is 11.8 Å². The third-order valence-corrected chi connectivity index (χ3v) is 4.80. The van der Waals surface area contributed by atoms with Crippen molar-refractivity contribution in [2.45, 2.75) is 20.3 Å². The minimum Gasteiger partial charge on any atom is -0.339 e. The van der Waals surface area contributed by atoms with Crippen LogP contribution in [-0.2, 0) is 11.2 Å². The van der Waals surface area contributed by atoms with E-state index in [4.69, 9.17) is 0 Å². The minimum absolute atomic E-state index is 0.00947. The molecule has 4 nitrogen and oxygen atoms in total. The normalized spacial score (nSPS) is 14.4. The SMILES string of the molecule is Cc1ccc(C(=O)N2CCN(C(=O)Cc3ccc(F)cc3)CC2)c(C)c1. The highest BCUT2D eigenvalue weighted by molar-refractivity contribution is 5.96. The molecule has 136 valence electrons.